The number of allylic oxidation sites excluding steroid dienone is 6. The summed E-state index contributed by atoms with van der Waals surface area (Å²) in [6.45, 7) is 3.96. The molecule has 2 aliphatic heterocycles. The van der Waals surface area contributed by atoms with Crippen molar-refractivity contribution >= 4 is 29.9 Å². The van der Waals surface area contributed by atoms with Gasteiger partial charge in [-0.05, 0) is 65.6 Å². The first-order valence-corrected chi connectivity index (χ1v) is 12.4. The van der Waals surface area contributed by atoms with Crippen LogP contribution in [0.5, 0.6) is 5.75 Å². The predicted octanol–water partition coefficient (Wildman–Crippen LogP) is 2.81. The lowest BCUT2D eigenvalue weighted by Crippen LogP contribution is -2.27. The number of dihydropyridines is 2. The van der Waals surface area contributed by atoms with E-state index in [1.807, 2.05) is 50.4 Å². The van der Waals surface area contributed by atoms with Crippen molar-refractivity contribution < 1.29 is 9.53 Å². The molecular formula is C29H36N8O2. The number of amidine groups is 1. The number of carbonyl (C=O) groups is 1. The van der Waals surface area contributed by atoms with Gasteiger partial charge in [0.2, 0.25) is 0 Å². The Balaban J connectivity index is 1.83. The summed E-state index contributed by atoms with van der Waals surface area (Å²) in [4.78, 5) is 21.9. The van der Waals surface area contributed by atoms with Gasteiger partial charge in [-0.25, -0.2) is 4.99 Å². The van der Waals surface area contributed by atoms with Crippen LogP contribution in [-0.2, 0) is 4.79 Å². The minimum Gasteiger partial charge on any atom is -0.484 e. The number of likely N-dealkylation sites (N-methyl/N-ethyl adjacent to an activating group) is 1. The van der Waals surface area contributed by atoms with Gasteiger partial charge in [0.15, 0.2) is 6.61 Å². The number of nitrogens with zero attached hydrogens (tertiary/aromatic N) is 3. The highest BCUT2D eigenvalue weighted by atomic mass is 16.5. The summed E-state index contributed by atoms with van der Waals surface area (Å²) in [6.07, 6.45) is 12.3. The quantitative estimate of drug-likeness (QED) is 0.232. The Hall–Kier alpha value is -4.86. The first kappa shape index (κ1) is 28.7. The molecule has 0 unspecified atom stereocenters. The van der Waals surface area contributed by atoms with Crippen molar-refractivity contribution in [2.75, 3.05) is 27.7 Å². The smallest absolute Gasteiger partial charge is 0.259 e. The molecule has 0 aromatic heterocycles. The van der Waals surface area contributed by atoms with Crippen LogP contribution in [0.15, 0.2) is 98.7 Å². The lowest BCUT2D eigenvalue weighted by Gasteiger charge is -2.24. The van der Waals surface area contributed by atoms with Crippen molar-refractivity contribution in [3.63, 3.8) is 0 Å². The van der Waals surface area contributed by atoms with Crippen molar-refractivity contribution in [1.29, 1.82) is 5.41 Å². The molecule has 1 aromatic carbocycles. The number of hydrogen-bond acceptors (Lipinski definition) is 8. The molecule has 10 heteroatoms. The van der Waals surface area contributed by atoms with Gasteiger partial charge < -0.3 is 37.1 Å². The summed E-state index contributed by atoms with van der Waals surface area (Å²) in [5, 5.41) is 14.1. The summed E-state index contributed by atoms with van der Waals surface area (Å²) in [6, 6.07) is 7.24. The number of nitrogens with one attached hydrogen (secondary N) is 3. The SMILES string of the molecule is CN=CC(C1=CNC2=CC=C(N=C(N)C=C(C=N)C(C)C)NC2=C1)=C(N)c1ccc(OCC(=O)N(C)C)cc1. The number of benzene rings is 1. The summed E-state index contributed by atoms with van der Waals surface area (Å²) in [5.41, 5.74) is 18.0. The monoisotopic (exact) mass is 528 g/mol. The summed E-state index contributed by atoms with van der Waals surface area (Å²) in [7, 11) is 5.05. The Labute approximate surface area is 229 Å². The molecular weight excluding hydrogens is 492 g/mol. The van der Waals surface area contributed by atoms with Gasteiger partial charge in [0.05, 0.1) is 11.4 Å². The molecule has 0 saturated carbocycles. The van der Waals surface area contributed by atoms with Gasteiger partial charge >= 0.3 is 0 Å². The topological polar surface area (TPSA) is 154 Å². The van der Waals surface area contributed by atoms with Crippen LogP contribution in [0.3, 0.4) is 0 Å². The average Bonchev–Trinajstić information content (AvgIpc) is 2.92. The van der Waals surface area contributed by atoms with Crippen LogP contribution < -0.4 is 26.8 Å². The van der Waals surface area contributed by atoms with Gasteiger partial charge in [-0.15, -0.1) is 0 Å². The lowest BCUT2D eigenvalue weighted by molar-refractivity contribution is -0.130. The van der Waals surface area contributed by atoms with E-state index in [2.05, 4.69) is 20.6 Å². The third-order valence-corrected chi connectivity index (χ3v) is 5.93. The zero-order valence-electron chi connectivity index (χ0n) is 22.9. The zero-order valence-corrected chi connectivity index (χ0v) is 22.9. The summed E-state index contributed by atoms with van der Waals surface area (Å²) < 4.78 is 5.56. The van der Waals surface area contributed by atoms with Crippen LogP contribution in [0.1, 0.15) is 19.4 Å². The summed E-state index contributed by atoms with van der Waals surface area (Å²) >= 11 is 0. The van der Waals surface area contributed by atoms with E-state index >= 15 is 0 Å². The maximum atomic E-state index is 11.8. The van der Waals surface area contributed by atoms with Crippen molar-refractivity contribution in [3.8, 4) is 5.75 Å². The maximum absolute atomic E-state index is 11.8. The molecule has 204 valence electrons. The normalized spacial score (nSPS) is 16.2. The van der Waals surface area contributed by atoms with E-state index < -0.39 is 0 Å². The van der Waals surface area contributed by atoms with Gasteiger partial charge in [0.1, 0.15) is 17.4 Å². The first-order valence-electron chi connectivity index (χ1n) is 12.4. The van der Waals surface area contributed by atoms with Gasteiger partial charge in [-0.3, -0.25) is 9.79 Å². The largest absolute Gasteiger partial charge is 0.484 e. The van der Waals surface area contributed by atoms with E-state index in [0.29, 0.717) is 23.1 Å². The van der Waals surface area contributed by atoms with Crippen LogP contribution in [0.25, 0.3) is 5.70 Å². The van der Waals surface area contributed by atoms with E-state index in [1.54, 1.807) is 45.6 Å². The molecule has 2 heterocycles. The molecule has 10 nitrogen and oxygen atoms in total. The number of fused-ring (bicyclic) bond motifs is 1. The van der Waals surface area contributed by atoms with Crippen molar-refractivity contribution in [3.05, 3.63) is 94.3 Å². The molecule has 39 heavy (non-hydrogen) atoms. The van der Waals surface area contributed by atoms with Crippen molar-refractivity contribution in [1.82, 2.24) is 15.5 Å². The second-order valence-corrected chi connectivity index (χ2v) is 9.36. The van der Waals surface area contributed by atoms with Gasteiger partial charge in [0.25, 0.3) is 5.91 Å². The number of amides is 1. The Morgan fingerprint density at radius 1 is 1.15 bits per heavy atom. The Morgan fingerprint density at radius 2 is 1.87 bits per heavy atom. The van der Waals surface area contributed by atoms with E-state index in [-0.39, 0.29) is 18.4 Å². The standard InChI is InChI=1S/C29H36N8O2/c1-18(2)20(14-30)13-26(31)36-27-11-10-24-25(35-27)12-21(15-34-24)23(16-33-3)29(32)19-6-8-22(9-7-19)39-17-28(38)37(4)5/h6-16,18,30,34-35H,17,32H2,1-5H3,(H2,31,36). The summed E-state index contributed by atoms with van der Waals surface area (Å²) in [5.74, 6) is 1.49. The fraction of sp³-hybridized carbons (Fsp3) is 0.241. The van der Waals surface area contributed by atoms with Crippen LogP contribution in [0.4, 0.5) is 0 Å². The second-order valence-electron chi connectivity index (χ2n) is 9.36. The molecule has 0 spiro atoms. The molecule has 0 fully saturated rings. The third-order valence-electron chi connectivity index (χ3n) is 5.93. The lowest BCUT2D eigenvalue weighted by atomic mass is 9.97. The highest BCUT2D eigenvalue weighted by Gasteiger charge is 2.18. The van der Waals surface area contributed by atoms with Crippen LogP contribution in [0, 0.1) is 11.3 Å². The first-order chi connectivity index (χ1) is 18.6. The van der Waals surface area contributed by atoms with Crippen LogP contribution in [-0.4, -0.2) is 56.8 Å². The number of nitrogens with two attached hydrogens (primary N) is 2. The number of carbonyl (C=O) groups excluding carboxylic acids is 1. The zero-order chi connectivity index (χ0) is 28.5. The fourth-order valence-electron chi connectivity index (χ4n) is 3.62. The molecule has 7 N–H and O–H groups in total. The molecule has 0 atom stereocenters. The maximum Gasteiger partial charge on any atom is 0.259 e. The number of ether oxygens (including phenoxy) is 1. The molecule has 0 aliphatic carbocycles. The predicted molar refractivity (Wildman–Crippen MR) is 158 cm³/mol. The third kappa shape index (κ3) is 7.57. The minimum absolute atomic E-state index is 0.0373. The highest BCUT2D eigenvalue weighted by Crippen LogP contribution is 2.27. The van der Waals surface area contributed by atoms with Crippen molar-refractivity contribution in [2.24, 2.45) is 27.4 Å². The van der Waals surface area contributed by atoms with Gasteiger partial charge in [-0.1, -0.05) is 13.8 Å². The van der Waals surface area contributed by atoms with Crippen LogP contribution in [0.2, 0.25) is 0 Å². The minimum atomic E-state index is -0.121. The molecule has 2 aliphatic rings. The molecule has 0 radical (unpaired) electrons. The highest BCUT2D eigenvalue weighted by molar-refractivity contribution is 5.98. The molecule has 3 rings (SSSR count). The number of hydrogen-bond donors (Lipinski definition) is 5. The Bertz CT molecular complexity index is 1350. The van der Waals surface area contributed by atoms with E-state index in [1.165, 1.54) is 11.1 Å². The van der Waals surface area contributed by atoms with E-state index in [0.717, 1.165) is 33.7 Å². The Morgan fingerprint density at radius 3 is 2.49 bits per heavy atom. The van der Waals surface area contributed by atoms with Gasteiger partial charge in [-0.2, -0.15) is 0 Å². The van der Waals surface area contributed by atoms with Crippen molar-refractivity contribution in [2.45, 2.75) is 13.8 Å². The molecule has 1 aromatic rings. The van der Waals surface area contributed by atoms with E-state index in [4.69, 9.17) is 21.6 Å². The Kier molecular flexibility index (Phi) is 9.63. The average molecular weight is 529 g/mol. The van der Waals surface area contributed by atoms with Gasteiger partial charge in [0, 0.05) is 56.6 Å². The molecule has 0 saturated heterocycles. The van der Waals surface area contributed by atoms with E-state index in [9.17, 15) is 4.79 Å². The number of aliphatic imine (C=N–C) groups is 2. The molecule has 0 bridgehead atoms. The second kappa shape index (κ2) is 13.1. The fourth-order valence-corrected chi connectivity index (χ4v) is 3.62. The molecule has 1 amide bonds. The number of rotatable bonds is 10. The van der Waals surface area contributed by atoms with Crippen LogP contribution >= 0.6 is 0 Å².